The van der Waals surface area contributed by atoms with Crippen molar-refractivity contribution in [3.8, 4) is 0 Å². The SMILES string of the molecule is C=CC(CCCCCCCCC)CCOC(N(CC)CC)N(CC)CC. The van der Waals surface area contributed by atoms with Crippen LogP contribution in [0.2, 0.25) is 0 Å². The zero-order valence-corrected chi connectivity index (χ0v) is 18.6. The van der Waals surface area contributed by atoms with Crippen LogP contribution in [0.15, 0.2) is 12.7 Å². The second-order valence-electron chi connectivity index (χ2n) is 7.33. The summed E-state index contributed by atoms with van der Waals surface area (Å²) in [6, 6.07) is 0. The van der Waals surface area contributed by atoms with Crippen LogP contribution in [0, 0.1) is 5.92 Å². The summed E-state index contributed by atoms with van der Waals surface area (Å²) >= 11 is 0. The Bertz CT molecular complexity index is 289. The molecule has 1 atom stereocenters. The second-order valence-corrected chi connectivity index (χ2v) is 7.33. The first kappa shape index (κ1) is 25.6. The molecule has 0 saturated heterocycles. The van der Waals surface area contributed by atoms with E-state index in [9.17, 15) is 0 Å². The maximum atomic E-state index is 6.34. The quantitative estimate of drug-likeness (QED) is 0.151. The zero-order valence-electron chi connectivity index (χ0n) is 18.6. The smallest absolute Gasteiger partial charge is 0.168 e. The van der Waals surface area contributed by atoms with E-state index in [1.807, 2.05) is 0 Å². The minimum absolute atomic E-state index is 0.115. The number of hydrogen-bond donors (Lipinski definition) is 0. The van der Waals surface area contributed by atoms with Crippen molar-refractivity contribution in [2.45, 2.75) is 98.8 Å². The van der Waals surface area contributed by atoms with Gasteiger partial charge in [-0.15, -0.1) is 6.58 Å². The standard InChI is InChI=1S/C23H48N2O/c1-7-13-14-15-16-17-18-19-22(8-2)20-21-26-23(24(9-3)10-4)25(11-5)12-6/h8,22-23H,2,7,9-21H2,1,3-6H3. The van der Waals surface area contributed by atoms with Crippen LogP contribution >= 0.6 is 0 Å². The van der Waals surface area contributed by atoms with Gasteiger partial charge in [0.1, 0.15) is 0 Å². The van der Waals surface area contributed by atoms with Gasteiger partial charge in [-0.2, -0.15) is 0 Å². The number of ether oxygens (including phenoxy) is 1. The van der Waals surface area contributed by atoms with E-state index in [2.05, 4.69) is 57.1 Å². The normalized spacial score (nSPS) is 13.1. The lowest BCUT2D eigenvalue weighted by Gasteiger charge is -2.37. The lowest BCUT2D eigenvalue weighted by Crippen LogP contribution is -2.50. The molecule has 0 saturated carbocycles. The summed E-state index contributed by atoms with van der Waals surface area (Å²) < 4.78 is 6.34. The monoisotopic (exact) mass is 368 g/mol. The molecule has 3 nitrogen and oxygen atoms in total. The van der Waals surface area contributed by atoms with Crippen molar-refractivity contribution in [1.82, 2.24) is 9.80 Å². The fourth-order valence-corrected chi connectivity index (χ4v) is 3.58. The van der Waals surface area contributed by atoms with E-state index in [1.165, 1.54) is 51.4 Å². The Labute approximate surface area is 165 Å². The first-order chi connectivity index (χ1) is 12.7. The summed E-state index contributed by atoms with van der Waals surface area (Å²) in [5, 5.41) is 0. The van der Waals surface area contributed by atoms with Crippen molar-refractivity contribution >= 4 is 0 Å². The van der Waals surface area contributed by atoms with E-state index < -0.39 is 0 Å². The molecule has 0 radical (unpaired) electrons. The zero-order chi connectivity index (χ0) is 19.6. The fraction of sp³-hybridized carbons (Fsp3) is 0.913. The van der Waals surface area contributed by atoms with Gasteiger partial charge < -0.3 is 4.74 Å². The van der Waals surface area contributed by atoms with Crippen LogP contribution in [0.1, 0.15) is 92.4 Å². The van der Waals surface area contributed by atoms with Crippen molar-refractivity contribution in [3.05, 3.63) is 12.7 Å². The number of hydrogen-bond acceptors (Lipinski definition) is 3. The van der Waals surface area contributed by atoms with Crippen molar-refractivity contribution in [2.24, 2.45) is 5.92 Å². The third-order valence-corrected chi connectivity index (χ3v) is 5.52. The van der Waals surface area contributed by atoms with Gasteiger partial charge in [-0.1, -0.05) is 85.6 Å². The third kappa shape index (κ3) is 11.4. The Hall–Kier alpha value is -0.380. The molecule has 0 fully saturated rings. The molecular weight excluding hydrogens is 320 g/mol. The molecule has 0 aromatic heterocycles. The highest BCUT2D eigenvalue weighted by molar-refractivity contribution is 4.79. The molecule has 26 heavy (non-hydrogen) atoms. The molecule has 0 aromatic rings. The maximum Gasteiger partial charge on any atom is 0.168 e. The fourth-order valence-electron chi connectivity index (χ4n) is 3.58. The van der Waals surface area contributed by atoms with E-state index in [0.717, 1.165) is 39.2 Å². The summed E-state index contributed by atoms with van der Waals surface area (Å²) in [6.07, 6.45) is 14.3. The van der Waals surface area contributed by atoms with Crippen LogP contribution in [0.5, 0.6) is 0 Å². The molecule has 0 amide bonds. The molecule has 156 valence electrons. The summed E-state index contributed by atoms with van der Waals surface area (Å²) in [6.45, 7) is 20.1. The van der Waals surface area contributed by atoms with Gasteiger partial charge in [0.05, 0.1) is 6.61 Å². The summed E-state index contributed by atoms with van der Waals surface area (Å²) in [7, 11) is 0. The van der Waals surface area contributed by atoms with Crippen LogP contribution in [-0.2, 0) is 4.74 Å². The van der Waals surface area contributed by atoms with Crippen LogP contribution in [-0.4, -0.2) is 48.9 Å². The van der Waals surface area contributed by atoms with Gasteiger partial charge in [0.2, 0.25) is 0 Å². The molecule has 0 bridgehead atoms. The first-order valence-corrected chi connectivity index (χ1v) is 11.4. The Kier molecular flexibility index (Phi) is 17.7. The molecule has 0 aromatic carbocycles. The van der Waals surface area contributed by atoms with E-state index in [1.54, 1.807) is 0 Å². The second kappa shape index (κ2) is 18.0. The molecule has 0 heterocycles. The number of rotatable bonds is 19. The first-order valence-electron chi connectivity index (χ1n) is 11.4. The summed E-state index contributed by atoms with van der Waals surface area (Å²) in [4.78, 5) is 4.82. The van der Waals surface area contributed by atoms with Gasteiger partial charge in [-0.25, -0.2) is 0 Å². The van der Waals surface area contributed by atoms with Gasteiger partial charge in [-0.3, -0.25) is 9.80 Å². The molecule has 0 aliphatic rings. The lowest BCUT2D eigenvalue weighted by atomic mass is 9.97. The molecule has 3 heteroatoms. The molecule has 1 unspecified atom stereocenters. The molecule has 0 rings (SSSR count). The van der Waals surface area contributed by atoms with Crippen LogP contribution in [0.25, 0.3) is 0 Å². The number of unbranched alkanes of at least 4 members (excludes halogenated alkanes) is 6. The number of nitrogens with zero attached hydrogens (tertiary/aromatic N) is 2. The average molecular weight is 369 g/mol. The van der Waals surface area contributed by atoms with E-state index >= 15 is 0 Å². The summed E-state index contributed by atoms with van der Waals surface area (Å²) in [5.41, 5.74) is 0. The van der Waals surface area contributed by atoms with Gasteiger partial charge >= 0.3 is 0 Å². The van der Waals surface area contributed by atoms with Gasteiger partial charge in [0.25, 0.3) is 0 Å². The van der Waals surface area contributed by atoms with E-state index in [-0.39, 0.29) is 6.35 Å². The van der Waals surface area contributed by atoms with Crippen molar-refractivity contribution in [2.75, 3.05) is 32.8 Å². The molecule has 0 aliphatic heterocycles. The average Bonchev–Trinajstić information content (AvgIpc) is 2.67. The number of allylic oxidation sites excluding steroid dienone is 1. The minimum atomic E-state index is 0.115. The van der Waals surface area contributed by atoms with Gasteiger partial charge in [0.15, 0.2) is 6.35 Å². The largest absolute Gasteiger partial charge is 0.349 e. The summed E-state index contributed by atoms with van der Waals surface area (Å²) in [5.74, 6) is 0.597. The highest BCUT2D eigenvalue weighted by atomic mass is 16.5. The molecular formula is C23H48N2O. The van der Waals surface area contributed by atoms with E-state index in [4.69, 9.17) is 4.74 Å². The van der Waals surface area contributed by atoms with Crippen molar-refractivity contribution < 1.29 is 4.74 Å². The predicted molar refractivity (Wildman–Crippen MR) is 116 cm³/mol. The van der Waals surface area contributed by atoms with Crippen molar-refractivity contribution in [1.29, 1.82) is 0 Å². The predicted octanol–water partition coefficient (Wildman–Crippen LogP) is 6.30. The molecule has 0 N–H and O–H groups in total. The maximum absolute atomic E-state index is 6.34. The van der Waals surface area contributed by atoms with Crippen molar-refractivity contribution in [3.63, 3.8) is 0 Å². The highest BCUT2D eigenvalue weighted by Gasteiger charge is 2.22. The lowest BCUT2D eigenvalue weighted by molar-refractivity contribution is -0.150. The topological polar surface area (TPSA) is 15.7 Å². The molecule has 0 aliphatic carbocycles. The third-order valence-electron chi connectivity index (χ3n) is 5.52. The Morgan fingerprint density at radius 1 is 0.731 bits per heavy atom. The van der Waals surface area contributed by atoms with Crippen LogP contribution in [0.3, 0.4) is 0 Å². The van der Waals surface area contributed by atoms with Crippen LogP contribution in [0.4, 0.5) is 0 Å². The van der Waals surface area contributed by atoms with Gasteiger partial charge in [-0.05, 0) is 44.9 Å². The van der Waals surface area contributed by atoms with Gasteiger partial charge in [0, 0.05) is 0 Å². The molecule has 0 spiro atoms. The Morgan fingerprint density at radius 3 is 1.69 bits per heavy atom. The highest BCUT2D eigenvalue weighted by Crippen LogP contribution is 2.18. The Morgan fingerprint density at radius 2 is 1.23 bits per heavy atom. The van der Waals surface area contributed by atoms with E-state index in [0.29, 0.717) is 5.92 Å². The Balaban J connectivity index is 4.16. The minimum Gasteiger partial charge on any atom is -0.349 e. The van der Waals surface area contributed by atoms with Crippen LogP contribution < -0.4 is 0 Å².